The molecule has 0 radical (unpaired) electrons. The van der Waals surface area contributed by atoms with Crippen molar-refractivity contribution in [3.8, 4) is 11.5 Å². The minimum atomic E-state index is -0.309. The van der Waals surface area contributed by atoms with Crippen LogP contribution in [0.1, 0.15) is 23.2 Å². The second-order valence-corrected chi connectivity index (χ2v) is 7.11. The first-order valence-corrected chi connectivity index (χ1v) is 8.81. The average Bonchev–Trinajstić information content (AvgIpc) is 2.62. The number of halogens is 1. The molecule has 4 aliphatic heterocycles. The van der Waals surface area contributed by atoms with Crippen LogP contribution in [0.15, 0.2) is 6.07 Å². The van der Waals surface area contributed by atoms with E-state index in [0.29, 0.717) is 28.7 Å². The molecule has 2 bridgehead atoms. The van der Waals surface area contributed by atoms with E-state index in [1.807, 2.05) is 0 Å². The summed E-state index contributed by atoms with van der Waals surface area (Å²) in [4.78, 5) is 26.9. The van der Waals surface area contributed by atoms with Crippen molar-refractivity contribution in [2.45, 2.75) is 18.9 Å². The van der Waals surface area contributed by atoms with Crippen molar-refractivity contribution in [3.63, 3.8) is 0 Å². The number of benzene rings is 1. The summed E-state index contributed by atoms with van der Waals surface area (Å²) >= 11 is 6.24. The average molecular weight is 366 g/mol. The van der Waals surface area contributed by atoms with E-state index in [9.17, 15) is 9.59 Å². The van der Waals surface area contributed by atoms with Gasteiger partial charge in [0.25, 0.3) is 11.8 Å². The second-order valence-electron chi connectivity index (χ2n) is 6.70. The molecule has 0 saturated carbocycles. The Kier molecular flexibility index (Phi) is 4.21. The number of carbonyl (C=O) groups excluding carboxylic acids is 2. The third-order valence-corrected chi connectivity index (χ3v) is 5.50. The lowest BCUT2D eigenvalue weighted by Crippen LogP contribution is -2.57. The van der Waals surface area contributed by atoms with Gasteiger partial charge in [0.1, 0.15) is 5.69 Å². The monoisotopic (exact) mass is 365 g/mol. The largest absolute Gasteiger partial charge is 0.493 e. The van der Waals surface area contributed by atoms with Crippen molar-refractivity contribution in [2.24, 2.45) is 5.92 Å². The lowest BCUT2D eigenvalue weighted by atomic mass is 9.84. The summed E-state index contributed by atoms with van der Waals surface area (Å²) in [6.45, 7) is 2.95. The summed E-state index contributed by atoms with van der Waals surface area (Å²) in [6.07, 6.45) is 2.22. The Morgan fingerprint density at radius 3 is 2.84 bits per heavy atom. The van der Waals surface area contributed by atoms with Crippen molar-refractivity contribution in [1.29, 1.82) is 0 Å². The Bertz CT molecular complexity index is 731. The third kappa shape index (κ3) is 2.91. The highest BCUT2D eigenvalue weighted by Crippen LogP contribution is 2.44. The first kappa shape index (κ1) is 16.5. The number of nitrogens with one attached hydrogen (secondary N) is 2. The number of piperidine rings is 3. The summed E-state index contributed by atoms with van der Waals surface area (Å²) < 4.78 is 10.8. The van der Waals surface area contributed by atoms with Crippen LogP contribution in [0, 0.1) is 5.92 Å². The Labute approximate surface area is 150 Å². The van der Waals surface area contributed by atoms with Crippen molar-refractivity contribution in [2.75, 3.05) is 38.7 Å². The van der Waals surface area contributed by atoms with Crippen molar-refractivity contribution in [3.05, 3.63) is 16.7 Å². The van der Waals surface area contributed by atoms with Crippen LogP contribution in [0.4, 0.5) is 5.69 Å². The fourth-order valence-corrected chi connectivity index (χ4v) is 4.22. The highest BCUT2D eigenvalue weighted by atomic mass is 35.5. The van der Waals surface area contributed by atoms with E-state index >= 15 is 0 Å². The molecule has 3 fully saturated rings. The van der Waals surface area contributed by atoms with Gasteiger partial charge in [-0.05, 0) is 37.9 Å². The molecular formula is C17H20ClN3O4. The molecule has 2 amide bonds. The maximum absolute atomic E-state index is 12.9. The van der Waals surface area contributed by atoms with Gasteiger partial charge in [-0.15, -0.1) is 0 Å². The molecule has 4 aliphatic rings. The smallest absolute Gasteiger partial charge is 0.262 e. The summed E-state index contributed by atoms with van der Waals surface area (Å²) in [5.41, 5.74) is 0.627. The molecule has 2 N–H and O–H groups in total. The van der Waals surface area contributed by atoms with Gasteiger partial charge in [-0.25, -0.2) is 0 Å². The van der Waals surface area contributed by atoms with Crippen molar-refractivity contribution in [1.82, 2.24) is 10.2 Å². The molecule has 25 heavy (non-hydrogen) atoms. The zero-order valence-electron chi connectivity index (χ0n) is 13.9. The van der Waals surface area contributed by atoms with E-state index in [1.54, 1.807) is 0 Å². The van der Waals surface area contributed by atoms with Gasteiger partial charge in [-0.2, -0.15) is 0 Å². The van der Waals surface area contributed by atoms with Gasteiger partial charge >= 0.3 is 0 Å². The molecule has 8 heteroatoms. The van der Waals surface area contributed by atoms with Crippen LogP contribution >= 0.6 is 11.6 Å². The number of fused-ring (bicyclic) bond motifs is 4. The number of carbonyl (C=O) groups is 2. The molecule has 134 valence electrons. The predicted octanol–water partition coefficient (Wildman–Crippen LogP) is 1.50. The first-order chi connectivity index (χ1) is 12.1. The predicted molar refractivity (Wildman–Crippen MR) is 92.5 cm³/mol. The van der Waals surface area contributed by atoms with E-state index in [4.69, 9.17) is 21.1 Å². The number of amides is 2. The normalized spacial score (nSPS) is 27.1. The summed E-state index contributed by atoms with van der Waals surface area (Å²) in [5, 5.41) is 6.06. The van der Waals surface area contributed by atoms with Crippen LogP contribution < -0.4 is 20.1 Å². The molecule has 1 unspecified atom stereocenters. The molecule has 1 aromatic rings. The van der Waals surface area contributed by atoms with Crippen LogP contribution in [-0.2, 0) is 4.79 Å². The van der Waals surface area contributed by atoms with Gasteiger partial charge in [0.2, 0.25) is 0 Å². The first-order valence-electron chi connectivity index (χ1n) is 8.43. The molecule has 0 aromatic heterocycles. The van der Waals surface area contributed by atoms with Crippen molar-refractivity contribution >= 4 is 29.1 Å². The minimum absolute atomic E-state index is 0.129. The molecule has 3 saturated heterocycles. The SMILES string of the molecule is COc1c(Cl)cc(C(=O)NC2CN3CCC2CC3)c2c1NC(=O)CO2. The fourth-order valence-electron chi connectivity index (χ4n) is 3.93. The second kappa shape index (κ2) is 6.38. The topological polar surface area (TPSA) is 79.9 Å². The fraction of sp³-hybridized carbons (Fsp3) is 0.529. The Morgan fingerprint density at radius 2 is 2.20 bits per heavy atom. The number of hydrogen-bond donors (Lipinski definition) is 2. The van der Waals surface area contributed by atoms with Gasteiger partial charge in [-0.1, -0.05) is 11.6 Å². The molecule has 5 rings (SSSR count). The van der Waals surface area contributed by atoms with Gasteiger partial charge in [0.15, 0.2) is 18.1 Å². The minimum Gasteiger partial charge on any atom is -0.493 e. The van der Waals surface area contributed by atoms with E-state index in [0.717, 1.165) is 32.5 Å². The number of hydrogen-bond acceptors (Lipinski definition) is 5. The highest BCUT2D eigenvalue weighted by molar-refractivity contribution is 6.33. The van der Waals surface area contributed by atoms with Crippen LogP contribution in [0.5, 0.6) is 11.5 Å². The lowest BCUT2D eigenvalue weighted by molar-refractivity contribution is -0.118. The molecule has 0 spiro atoms. The van der Waals surface area contributed by atoms with Crippen LogP contribution in [0.2, 0.25) is 5.02 Å². The van der Waals surface area contributed by atoms with E-state index in [-0.39, 0.29) is 29.5 Å². The Morgan fingerprint density at radius 1 is 1.44 bits per heavy atom. The maximum atomic E-state index is 12.9. The lowest BCUT2D eigenvalue weighted by Gasteiger charge is -2.45. The number of methoxy groups -OCH3 is 1. The zero-order chi connectivity index (χ0) is 17.6. The van der Waals surface area contributed by atoms with E-state index < -0.39 is 0 Å². The van der Waals surface area contributed by atoms with Gasteiger partial charge < -0.3 is 25.0 Å². The molecule has 1 aromatic carbocycles. The summed E-state index contributed by atoms with van der Waals surface area (Å²) in [5.74, 6) is 0.565. The number of nitrogens with zero attached hydrogens (tertiary/aromatic N) is 1. The zero-order valence-corrected chi connectivity index (χ0v) is 14.7. The van der Waals surface area contributed by atoms with Crippen molar-refractivity contribution < 1.29 is 19.1 Å². The summed E-state index contributed by atoms with van der Waals surface area (Å²) in [7, 11) is 1.45. The highest BCUT2D eigenvalue weighted by Gasteiger charge is 2.36. The molecule has 0 aliphatic carbocycles. The number of anilines is 1. The van der Waals surface area contributed by atoms with Gasteiger partial charge in [0.05, 0.1) is 17.7 Å². The van der Waals surface area contributed by atoms with Crippen LogP contribution in [-0.4, -0.2) is 56.1 Å². The molecule has 1 atom stereocenters. The van der Waals surface area contributed by atoms with E-state index in [2.05, 4.69) is 15.5 Å². The number of rotatable bonds is 3. The standard InChI is InChI=1S/C17H20ClN3O4/c1-24-16-11(18)6-10(15-14(16)20-13(22)8-25-15)17(23)19-12-7-21-4-2-9(12)3-5-21/h6,9,12H,2-5,7-8H2,1H3,(H,19,23)(H,20,22). The molecular weight excluding hydrogens is 346 g/mol. The maximum Gasteiger partial charge on any atom is 0.262 e. The Balaban J connectivity index is 1.63. The van der Waals surface area contributed by atoms with Crippen LogP contribution in [0.3, 0.4) is 0 Å². The summed E-state index contributed by atoms with van der Waals surface area (Å²) in [6, 6.07) is 1.66. The van der Waals surface area contributed by atoms with Gasteiger partial charge in [-0.3, -0.25) is 9.59 Å². The van der Waals surface area contributed by atoms with Gasteiger partial charge in [0, 0.05) is 12.6 Å². The number of ether oxygens (including phenoxy) is 2. The van der Waals surface area contributed by atoms with E-state index in [1.165, 1.54) is 13.2 Å². The molecule has 4 heterocycles. The van der Waals surface area contributed by atoms with Crippen LogP contribution in [0.25, 0.3) is 0 Å². The molecule has 7 nitrogen and oxygen atoms in total. The third-order valence-electron chi connectivity index (χ3n) is 5.22. The Hall–Kier alpha value is -1.99. The quantitative estimate of drug-likeness (QED) is 0.848.